The van der Waals surface area contributed by atoms with Crippen molar-refractivity contribution >= 4 is 11.6 Å². The minimum absolute atomic E-state index is 0.211. The molecule has 0 atom stereocenters. The molecule has 2 heterocycles. The Morgan fingerprint density at radius 3 is 2.52 bits per heavy atom. The lowest BCUT2D eigenvalue weighted by atomic mass is 10.2. The Morgan fingerprint density at radius 2 is 1.92 bits per heavy atom. The van der Waals surface area contributed by atoms with E-state index < -0.39 is 0 Å². The van der Waals surface area contributed by atoms with E-state index in [0.29, 0.717) is 22.9 Å². The standard InChI is InChI=1S/C19H20N4O2/c1-11-10-17(14-4-5-14)23(21-11)16-8-6-15(7-9-16)20-19(24)18-12(2)22-25-13(18)3/h6-10,14H,4-5H2,1-3H3,(H,20,24). The number of amides is 1. The van der Waals surface area contributed by atoms with Gasteiger partial charge in [0.1, 0.15) is 11.3 Å². The predicted molar refractivity (Wildman–Crippen MR) is 94.2 cm³/mol. The van der Waals surface area contributed by atoms with Crippen molar-refractivity contribution in [1.82, 2.24) is 14.9 Å². The van der Waals surface area contributed by atoms with Crippen molar-refractivity contribution < 1.29 is 9.32 Å². The zero-order chi connectivity index (χ0) is 17.6. The SMILES string of the molecule is Cc1cc(C2CC2)n(-c2ccc(NC(=O)c3c(C)noc3C)cc2)n1. The number of hydrogen-bond acceptors (Lipinski definition) is 4. The Bertz CT molecular complexity index is 913. The van der Waals surface area contributed by atoms with Gasteiger partial charge in [0, 0.05) is 17.3 Å². The molecule has 4 rings (SSSR count). The lowest BCUT2D eigenvalue weighted by Gasteiger charge is -2.09. The number of anilines is 1. The van der Waals surface area contributed by atoms with Gasteiger partial charge in [-0.1, -0.05) is 5.16 Å². The maximum atomic E-state index is 12.4. The largest absolute Gasteiger partial charge is 0.361 e. The lowest BCUT2D eigenvalue weighted by Crippen LogP contribution is -2.13. The Balaban J connectivity index is 1.56. The smallest absolute Gasteiger partial charge is 0.261 e. The molecule has 1 aromatic carbocycles. The van der Waals surface area contributed by atoms with Gasteiger partial charge >= 0.3 is 0 Å². The van der Waals surface area contributed by atoms with Crippen LogP contribution in [0.2, 0.25) is 0 Å². The van der Waals surface area contributed by atoms with Gasteiger partial charge in [0.2, 0.25) is 0 Å². The second-order valence-corrected chi connectivity index (χ2v) is 6.60. The van der Waals surface area contributed by atoms with Crippen LogP contribution in [0.1, 0.15) is 52.0 Å². The fraction of sp³-hybridized carbons (Fsp3) is 0.316. The van der Waals surface area contributed by atoms with Gasteiger partial charge in [0.25, 0.3) is 5.91 Å². The van der Waals surface area contributed by atoms with Gasteiger partial charge in [0.15, 0.2) is 0 Å². The normalized spacial score (nSPS) is 13.9. The van der Waals surface area contributed by atoms with Gasteiger partial charge in [-0.3, -0.25) is 4.79 Å². The Labute approximate surface area is 145 Å². The highest BCUT2D eigenvalue weighted by atomic mass is 16.5. The van der Waals surface area contributed by atoms with Crippen LogP contribution in [0.3, 0.4) is 0 Å². The van der Waals surface area contributed by atoms with E-state index in [1.54, 1.807) is 13.8 Å². The number of carbonyl (C=O) groups excluding carboxylic acids is 1. The van der Waals surface area contributed by atoms with Crippen LogP contribution >= 0.6 is 0 Å². The van der Waals surface area contributed by atoms with Gasteiger partial charge in [-0.25, -0.2) is 4.68 Å². The molecule has 2 aromatic heterocycles. The summed E-state index contributed by atoms with van der Waals surface area (Å²) in [5, 5.41) is 11.3. The van der Waals surface area contributed by atoms with Crippen LogP contribution in [0.5, 0.6) is 0 Å². The van der Waals surface area contributed by atoms with Crippen molar-refractivity contribution in [3.63, 3.8) is 0 Å². The van der Waals surface area contributed by atoms with Crippen molar-refractivity contribution in [2.24, 2.45) is 0 Å². The molecule has 0 radical (unpaired) electrons. The molecule has 25 heavy (non-hydrogen) atoms. The molecule has 1 amide bonds. The summed E-state index contributed by atoms with van der Waals surface area (Å²) < 4.78 is 7.06. The highest BCUT2D eigenvalue weighted by Gasteiger charge is 2.28. The molecule has 1 aliphatic rings. The molecule has 1 fully saturated rings. The monoisotopic (exact) mass is 336 g/mol. The number of benzene rings is 1. The van der Waals surface area contributed by atoms with E-state index in [1.165, 1.54) is 18.5 Å². The van der Waals surface area contributed by atoms with E-state index in [-0.39, 0.29) is 5.91 Å². The fourth-order valence-electron chi connectivity index (χ4n) is 3.08. The first kappa shape index (κ1) is 15.6. The topological polar surface area (TPSA) is 73.0 Å². The van der Waals surface area contributed by atoms with Crippen LogP contribution in [0.4, 0.5) is 5.69 Å². The van der Waals surface area contributed by atoms with Crippen LogP contribution in [-0.4, -0.2) is 20.8 Å². The van der Waals surface area contributed by atoms with Crippen molar-refractivity contribution in [2.45, 2.75) is 39.5 Å². The van der Waals surface area contributed by atoms with Crippen molar-refractivity contribution in [2.75, 3.05) is 5.32 Å². The number of nitrogens with one attached hydrogen (secondary N) is 1. The van der Waals surface area contributed by atoms with Gasteiger partial charge in [-0.05, 0) is 63.9 Å². The highest BCUT2D eigenvalue weighted by molar-refractivity contribution is 6.05. The number of carbonyl (C=O) groups is 1. The molecule has 0 unspecified atom stereocenters. The van der Waals surface area contributed by atoms with E-state index >= 15 is 0 Å². The summed E-state index contributed by atoms with van der Waals surface area (Å²) in [6.45, 7) is 5.51. The molecule has 6 nitrogen and oxygen atoms in total. The predicted octanol–water partition coefficient (Wildman–Crippen LogP) is 3.92. The average Bonchev–Trinajstić information content (AvgIpc) is 3.28. The average molecular weight is 336 g/mol. The molecule has 0 aliphatic heterocycles. The maximum Gasteiger partial charge on any atom is 0.261 e. The third-order valence-electron chi connectivity index (χ3n) is 4.48. The fourth-order valence-corrected chi connectivity index (χ4v) is 3.08. The van der Waals surface area contributed by atoms with E-state index in [1.807, 2.05) is 35.9 Å². The maximum absolute atomic E-state index is 12.4. The molecule has 0 spiro atoms. The quantitative estimate of drug-likeness (QED) is 0.784. The molecular formula is C19H20N4O2. The van der Waals surface area contributed by atoms with Crippen LogP contribution in [-0.2, 0) is 0 Å². The molecule has 0 bridgehead atoms. The first-order valence-corrected chi connectivity index (χ1v) is 8.44. The van der Waals surface area contributed by atoms with E-state index in [0.717, 1.165) is 17.1 Å². The minimum atomic E-state index is -0.211. The van der Waals surface area contributed by atoms with Crippen LogP contribution in [0.25, 0.3) is 5.69 Å². The van der Waals surface area contributed by atoms with E-state index in [2.05, 4.69) is 21.6 Å². The zero-order valence-corrected chi connectivity index (χ0v) is 14.5. The molecule has 1 aliphatic carbocycles. The van der Waals surface area contributed by atoms with E-state index in [4.69, 9.17) is 4.52 Å². The third-order valence-corrected chi connectivity index (χ3v) is 4.48. The molecule has 1 saturated carbocycles. The molecule has 6 heteroatoms. The number of aryl methyl sites for hydroxylation is 3. The summed E-state index contributed by atoms with van der Waals surface area (Å²) in [5.41, 5.74) is 5.11. The van der Waals surface area contributed by atoms with Crippen molar-refractivity contribution in [3.8, 4) is 5.69 Å². The Morgan fingerprint density at radius 1 is 1.20 bits per heavy atom. The highest BCUT2D eigenvalue weighted by Crippen LogP contribution is 2.41. The van der Waals surface area contributed by atoms with Crippen LogP contribution in [0, 0.1) is 20.8 Å². The molecule has 128 valence electrons. The molecular weight excluding hydrogens is 316 g/mol. The van der Waals surface area contributed by atoms with E-state index in [9.17, 15) is 4.79 Å². The third kappa shape index (κ3) is 2.95. The van der Waals surface area contributed by atoms with Gasteiger partial charge < -0.3 is 9.84 Å². The number of nitrogens with zero attached hydrogens (tertiary/aromatic N) is 3. The minimum Gasteiger partial charge on any atom is -0.361 e. The van der Waals surface area contributed by atoms with Crippen LogP contribution < -0.4 is 5.32 Å². The summed E-state index contributed by atoms with van der Waals surface area (Å²) in [6.07, 6.45) is 2.47. The number of hydrogen-bond donors (Lipinski definition) is 1. The van der Waals surface area contributed by atoms with Gasteiger partial charge in [-0.2, -0.15) is 5.10 Å². The second kappa shape index (κ2) is 5.88. The summed E-state index contributed by atoms with van der Waals surface area (Å²) in [5.74, 6) is 0.936. The first-order chi connectivity index (χ1) is 12.0. The molecule has 1 N–H and O–H groups in total. The summed E-state index contributed by atoms with van der Waals surface area (Å²) in [4.78, 5) is 12.4. The Hall–Kier alpha value is -2.89. The summed E-state index contributed by atoms with van der Waals surface area (Å²) >= 11 is 0. The van der Waals surface area contributed by atoms with Crippen LogP contribution in [0.15, 0.2) is 34.9 Å². The van der Waals surface area contributed by atoms with Crippen molar-refractivity contribution in [3.05, 3.63) is 58.7 Å². The number of rotatable bonds is 4. The molecule has 3 aromatic rings. The lowest BCUT2D eigenvalue weighted by molar-refractivity contribution is 0.102. The van der Waals surface area contributed by atoms with Crippen molar-refractivity contribution in [1.29, 1.82) is 0 Å². The summed E-state index contributed by atoms with van der Waals surface area (Å²) in [7, 11) is 0. The summed E-state index contributed by atoms with van der Waals surface area (Å²) in [6, 6.07) is 9.88. The first-order valence-electron chi connectivity index (χ1n) is 8.44. The van der Waals surface area contributed by atoms with Gasteiger partial charge in [0.05, 0.1) is 17.1 Å². The Kier molecular flexibility index (Phi) is 3.67. The molecule has 0 saturated heterocycles. The zero-order valence-electron chi connectivity index (χ0n) is 14.5. The number of aromatic nitrogens is 3. The van der Waals surface area contributed by atoms with Gasteiger partial charge in [-0.15, -0.1) is 0 Å². The second-order valence-electron chi connectivity index (χ2n) is 6.60.